The van der Waals surface area contributed by atoms with Crippen LogP contribution in [0.25, 0.3) is 0 Å². The fourth-order valence-corrected chi connectivity index (χ4v) is 3.08. The van der Waals surface area contributed by atoms with Crippen molar-refractivity contribution in [3.8, 4) is 0 Å². The second kappa shape index (κ2) is 8.66. The van der Waals surface area contributed by atoms with E-state index in [0.717, 1.165) is 31.0 Å². The molecular weight excluding hydrogens is 344 g/mol. The first-order valence-electron chi connectivity index (χ1n) is 9.39. The highest BCUT2D eigenvalue weighted by Gasteiger charge is 2.15. The van der Waals surface area contributed by atoms with Crippen LogP contribution in [0.2, 0.25) is 0 Å². The Morgan fingerprint density at radius 3 is 2.67 bits per heavy atom. The van der Waals surface area contributed by atoms with Crippen molar-refractivity contribution in [1.29, 1.82) is 0 Å². The molecule has 2 heterocycles. The molecule has 0 saturated heterocycles. The van der Waals surface area contributed by atoms with Gasteiger partial charge in [-0.1, -0.05) is 0 Å². The van der Waals surface area contributed by atoms with E-state index in [4.69, 9.17) is 0 Å². The van der Waals surface area contributed by atoms with Crippen LogP contribution in [-0.4, -0.2) is 39.3 Å². The summed E-state index contributed by atoms with van der Waals surface area (Å²) in [5.41, 5.74) is 1.19. The largest absolute Gasteiger partial charge is 0.352 e. The van der Waals surface area contributed by atoms with E-state index >= 15 is 0 Å². The van der Waals surface area contributed by atoms with Gasteiger partial charge in [-0.05, 0) is 51.0 Å². The van der Waals surface area contributed by atoms with Crippen LogP contribution in [-0.2, 0) is 19.4 Å². The van der Waals surface area contributed by atoms with Crippen LogP contribution < -0.4 is 16.0 Å². The minimum atomic E-state index is -0.265. The van der Waals surface area contributed by atoms with E-state index in [1.54, 1.807) is 24.3 Å². The lowest BCUT2D eigenvalue weighted by Gasteiger charge is -2.14. The summed E-state index contributed by atoms with van der Waals surface area (Å²) in [6.45, 7) is 5.25. The van der Waals surface area contributed by atoms with Gasteiger partial charge in [0.25, 0.3) is 5.91 Å². The molecule has 1 aromatic carbocycles. The highest BCUT2D eigenvalue weighted by Crippen LogP contribution is 2.14. The summed E-state index contributed by atoms with van der Waals surface area (Å²) in [7, 11) is 0. The standard InChI is InChI=1S/C19H26N6O2/c1-13(2)21-19(27)22-15-8-6-14(7-9-15)18(26)20-11-10-17-24-23-16-5-3-4-12-25(16)17/h6-9,13H,3-5,10-12H2,1-2H3,(H,20,26)(H2,21,22,27). The lowest BCUT2D eigenvalue weighted by molar-refractivity contribution is 0.0954. The first-order valence-corrected chi connectivity index (χ1v) is 9.39. The molecule has 3 N–H and O–H groups in total. The van der Waals surface area contributed by atoms with Gasteiger partial charge in [0.15, 0.2) is 0 Å². The number of aryl methyl sites for hydroxylation is 1. The van der Waals surface area contributed by atoms with Crippen molar-refractivity contribution in [2.75, 3.05) is 11.9 Å². The number of urea groups is 1. The number of aromatic nitrogens is 3. The molecule has 0 atom stereocenters. The van der Waals surface area contributed by atoms with E-state index in [0.29, 0.717) is 24.2 Å². The molecule has 0 spiro atoms. The zero-order chi connectivity index (χ0) is 19.2. The molecule has 8 heteroatoms. The molecule has 1 aromatic heterocycles. The SMILES string of the molecule is CC(C)NC(=O)Nc1ccc(C(=O)NCCc2nnc3n2CCCC3)cc1. The van der Waals surface area contributed by atoms with Crippen LogP contribution in [0.5, 0.6) is 0 Å². The van der Waals surface area contributed by atoms with Crippen molar-refractivity contribution in [2.24, 2.45) is 0 Å². The van der Waals surface area contributed by atoms with Crippen molar-refractivity contribution in [3.63, 3.8) is 0 Å². The molecule has 0 bridgehead atoms. The molecule has 2 aromatic rings. The predicted octanol–water partition coefficient (Wildman–Crippen LogP) is 2.12. The first-order chi connectivity index (χ1) is 13.0. The van der Waals surface area contributed by atoms with Crippen LogP contribution >= 0.6 is 0 Å². The summed E-state index contributed by atoms with van der Waals surface area (Å²) in [5, 5.41) is 16.9. The van der Waals surface area contributed by atoms with Crippen molar-refractivity contribution < 1.29 is 9.59 Å². The number of benzene rings is 1. The molecule has 0 radical (unpaired) electrons. The number of fused-ring (bicyclic) bond motifs is 1. The summed E-state index contributed by atoms with van der Waals surface area (Å²) < 4.78 is 2.17. The fourth-order valence-electron chi connectivity index (χ4n) is 3.08. The van der Waals surface area contributed by atoms with Crippen molar-refractivity contribution in [2.45, 2.75) is 52.1 Å². The quantitative estimate of drug-likeness (QED) is 0.725. The number of hydrogen-bond donors (Lipinski definition) is 3. The molecule has 3 amide bonds. The van der Waals surface area contributed by atoms with E-state index in [2.05, 4.69) is 30.7 Å². The first kappa shape index (κ1) is 18.9. The predicted molar refractivity (Wildman–Crippen MR) is 103 cm³/mol. The van der Waals surface area contributed by atoms with Gasteiger partial charge in [0.1, 0.15) is 11.6 Å². The van der Waals surface area contributed by atoms with E-state index < -0.39 is 0 Å². The zero-order valence-electron chi connectivity index (χ0n) is 15.8. The van der Waals surface area contributed by atoms with Gasteiger partial charge in [-0.2, -0.15) is 0 Å². The number of amides is 3. The highest BCUT2D eigenvalue weighted by molar-refractivity contribution is 5.95. The number of hydrogen-bond acceptors (Lipinski definition) is 4. The summed E-state index contributed by atoms with van der Waals surface area (Å²) in [6.07, 6.45) is 3.96. The van der Waals surface area contributed by atoms with Gasteiger partial charge in [0, 0.05) is 43.2 Å². The van der Waals surface area contributed by atoms with Crippen LogP contribution in [0.3, 0.4) is 0 Å². The number of nitrogens with zero attached hydrogens (tertiary/aromatic N) is 3. The number of rotatable bonds is 6. The average molecular weight is 370 g/mol. The Morgan fingerprint density at radius 2 is 1.93 bits per heavy atom. The van der Waals surface area contributed by atoms with E-state index in [1.165, 1.54) is 6.42 Å². The Balaban J connectivity index is 1.48. The molecule has 144 valence electrons. The second-order valence-corrected chi connectivity index (χ2v) is 6.98. The average Bonchev–Trinajstić information content (AvgIpc) is 3.05. The van der Waals surface area contributed by atoms with Crippen molar-refractivity contribution in [3.05, 3.63) is 41.5 Å². The maximum Gasteiger partial charge on any atom is 0.319 e. The molecule has 27 heavy (non-hydrogen) atoms. The molecule has 3 rings (SSSR count). The molecule has 0 saturated carbocycles. The Labute approximate surface area is 158 Å². The second-order valence-electron chi connectivity index (χ2n) is 6.98. The van der Waals surface area contributed by atoms with Gasteiger partial charge >= 0.3 is 6.03 Å². The number of carbonyl (C=O) groups is 2. The molecule has 8 nitrogen and oxygen atoms in total. The third kappa shape index (κ3) is 5.06. The van der Waals surface area contributed by atoms with E-state index in [9.17, 15) is 9.59 Å². The summed E-state index contributed by atoms with van der Waals surface area (Å²) in [5.74, 6) is 1.83. The third-order valence-electron chi connectivity index (χ3n) is 4.40. The lowest BCUT2D eigenvalue weighted by atomic mass is 10.1. The smallest absolute Gasteiger partial charge is 0.319 e. The van der Waals surface area contributed by atoms with Gasteiger partial charge in [0.2, 0.25) is 0 Å². The summed E-state index contributed by atoms with van der Waals surface area (Å²) in [6, 6.07) is 6.61. The van der Waals surface area contributed by atoms with E-state index in [-0.39, 0.29) is 18.0 Å². The molecular formula is C19H26N6O2. The van der Waals surface area contributed by atoms with Gasteiger partial charge in [0.05, 0.1) is 0 Å². The minimum Gasteiger partial charge on any atom is -0.352 e. The normalized spacial score (nSPS) is 13.1. The molecule has 1 aliphatic heterocycles. The highest BCUT2D eigenvalue weighted by atomic mass is 16.2. The number of anilines is 1. The van der Waals surface area contributed by atoms with Gasteiger partial charge < -0.3 is 20.5 Å². The Kier molecular flexibility index (Phi) is 6.05. The molecule has 0 unspecified atom stereocenters. The maximum atomic E-state index is 12.3. The maximum absolute atomic E-state index is 12.3. The van der Waals surface area contributed by atoms with Crippen molar-refractivity contribution >= 4 is 17.6 Å². The zero-order valence-corrected chi connectivity index (χ0v) is 15.8. The molecule has 1 aliphatic rings. The van der Waals surface area contributed by atoms with Gasteiger partial charge in [-0.25, -0.2) is 4.79 Å². The Morgan fingerprint density at radius 1 is 1.15 bits per heavy atom. The Bertz CT molecular complexity index is 797. The summed E-state index contributed by atoms with van der Waals surface area (Å²) in [4.78, 5) is 24.0. The number of carbonyl (C=O) groups excluding carboxylic acids is 2. The molecule has 0 fully saturated rings. The third-order valence-corrected chi connectivity index (χ3v) is 4.40. The lowest BCUT2D eigenvalue weighted by Crippen LogP contribution is -2.34. The van der Waals surface area contributed by atoms with Crippen LogP contribution in [0.15, 0.2) is 24.3 Å². The minimum absolute atomic E-state index is 0.0611. The monoisotopic (exact) mass is 370 g/mol. The Hall–Kier alpha value is -2.90. The topological polar surface area (TPSA) is 101 Å². The fraction of sp³-hybridized carbons (Fsp3) is 0.474. The van der Waals surface area contributed by atoms with Gasteiger partial charge in [-0.3, -0.25) is 4.79 Å². The van der Waals surface area contributed by atoms with Crippen molar-refractivity contribution in [1.82, 2.24) is 25.4 Å². The van der Waals surface area contributed by atoms with E-state index in [1.807, 2.05) is 13.8 Å². The molecule has 0 aliphatic carbocycles. The van der Waals surface area contributed by atoms with Crippen LogP contribution in [0.1, 0.15) is 48.7 Å². The van der Waals surface area contributed by atoms with Crippen LogP contribution in [0, 0.1) is 0 Å². The van der Waals surface area contributed by atoms with Crippen LogP contribution in [0.4, 0.5) is 10.5 Å². The summed E-state index contributed by atoms with van der Waals surface area (Å²) >= 11 is 0. The number of nitrogens with one attached hydrogen (secondary N) is 3. The van der Waals surface area contributed by atoms with Gasteiger partial charge in [-0.15, -0.1) is 10.2 Å².